The summed E-state index contributed by atoms with van der Waals surface area (Å²) in [6.45, 7) is 19.8. The standard InChI is InChI=1S/C35H60O4/c1-10-33(7,11-2)31(37)38-25-18-20-34(8)24(22-25)13-14-26-28-16-15-27(35(28,9)21-19-29(26)34)23(3)12-17-30(36)39-32(4,5)6/h23-29H,10-22H2,1-9H3. The number of hydrogen-bond donors (Lipinski definition) is 0. The van der Waals surface area contributed by atoms with Crippen LogP contribution in [0.1, 0.15) is 146 Å². The molecule has 0 heterocycles. The highest BCUT2D eigenvalue weighted by Gasteiger charge is 2.60. The van der Waals surface area contributed by atoms with Gasteiger partial charge in [-0.25, -0.2) is 0 Å². The van der Waals surface area contributed by atoms with Crippen molar-refractivity contribution in [3.05, 3.63) is 0 Å². The van der Waals surface area contributed by atoms with Crippen LogP contribution in [-0.4, -0.2) is 23.6 Å². The molecule has 0 aromatic rings. The van der Waals surface area contributed by atoms with Crippen LogP contribution in [0.15, 0.2) is 0 Å². The number of hydrogen-bond acceptors (Lipinski definition) is 4. The van der Waals surface area contributed by atoms with E-state index in [4.69, 9.17) is 9.47 Å². The molecule has 9 atom stereocenters. The second-order valence-corrected chi connectivity index (χ2v) is 16.1. The topological polar surface area (TPSA) is 52.6 Å². The molecule has 0 radical (unpaired) electrons. The smallest absolute Gasteiger partial charge is 0.312 e. The van der Waals surface area contributed by atoms with Gasteiger partial charge in [-0.05, 0) is 151 Å². The van der Waals surface area contributed by atoms with E-state index in [0.29, 0.717) is 29.1 Å². The predicted octanol–water partition coefficient (Wildman–Crippen LogP) is 9.14. The van der Waals surface area contributed by atoms with Crippen molar-refractivity contribution in [2.45, 2.75) is 157 Å². The Hall–Kier alpha value is -1.06. The van der Waals surface area contributed by atoms with Crippen molar-refractivity contribution >= 4 is 11.9 Å². The lowest BCUT2D eigenvalue weighted by Gasteiger charge is -2.61. The molecule has 0 bridgehead atoms. The van der Waals surface area contributed by atoms with Crippen LogP contribution in [0.4, 0.5) is 0 Å². The minimum absolute atomic E-state index is 0.0287. The van der Waals surface area contributed by atoms with E-state index in [0.717, 1.165) is 55.8 Å². The molecule has 39 heavy (non-hydrogen) atoms. The first-order valence-electron chi connectivity index (χ1n) is 16.6. The Kier molecular flexibility index (Phi) is 8.96. The Bertz CT molecular complexity index is 884. The van der Waals surface area contributed by atoms with Crippen molar-refractivity contribution in [2.24, 2.45) is 51.8 Å². The highest BCUT2D eigenvalue weighted by molar-refractivity contribution is 5.76. The summed E-state index contributed by atoms with van der Waals surface area (Å²) in [6.07, 6.45) is 14.7. The van der Waals surface area contributed by atoms with Gasteiger partial charge in [0.2, 0.25) is 0 Å². The van der Waals surface area contributed by atoms with E-state index in [1.807, 2.05) is 20.8 Å². The average Bonchev–Trinajstić information content (AvgIpc) is 3.23. The number of carbonyl (C=O) groups is 2. The van der Waals surface area contributed by atoms with Crippen molar-refractivity contribution in [2.75, 3.05) is 0 Å². The lowest BCUT2D eigenvalue weighted by atomic mass is 9.44. The highest BCUT2D eigenvalue weighted by atomic mass is 16.6. The fourth-order valence-electron chi connectivity index (χ4n) is 10.1. The fourth-order valence-corrected chi connectivity index (χ4v) is 10.1. The number of fused-ring (bicyclic) bond motifs is 5. The molecular weight excluding hydrogens is 484 g/mol. The normalized spacial score (nSPS) is 39.2. The van der Waals surface area contributed by atoms with Gasteiger partial charge in [-0.3, -0.25) is 9.59 Å². The molecule has 4 fully saturated rings. The number of carbonyl (C=O) groups excluding carboxylic acids is 2. The highest BCUT2D eigenvalue weighted by Crippen LogP contribution is 2.68. The number of ether oxygens (including phenoxy) is 2. The van der Waals surface area contributed by atoms with Crippen LogP contribution in [0.3, 0.4) is 0 Å². The van der Waals surface area contributed by atoms with Crippen LogP contribution in [0.2, 0.25) is 0 Å². The SMILES string of the molecule is CCC(C)(CC)C(=O)OC1CCC2(C)C(CCC3C2CCC2(C)C(C(C)CCC(=O)OC(C)(C)C)CCC32)C1. The first-order chi connectivity index (χ1) is 18.2. The molecule has 4 aliphatic carbocycles. The third-order valence-electron chi connectivity index (χ3n) is 12.9. The first-order valence-corrected chi connectivity index (χ1v) is 16.6. The largest absolute Gasteiger partial charge is 0.462 e. The van der Waals surface area contributed by atoms with E-state index < -0.39 is 5.60 Å². The molecule has 0 aliphatic heterocycles. The maximum absolute atomic E-state index is 13.0. The van der Waals surface area contributed by atoms with Crippen molar-refractivity contribution in [1.29, 1.82) is 0 Å². The van der Waals surface area contributed by atoms with Gasteiger partial charge in [-0.15, -0.1) is 0 Å². The van der Waals surface area contributed by atoms with Gasteiger partial charge < -0.3 is 9.47 Å². The van der Waals surface area contributed by atoms with Crippen LogP contribution in [-0.2, 0) is 19.1 Å². The van der Waals surface area contributed by atoms with E-state index in [9.17, 15) is 9.59 Å². The second kappa shape index (κ2) is 11.3. The predicted molar refractivity (Wildman–Crippen MR) is 158 cm³/mol. The van der Waals surface area contributed by atoms with Crippen LogP contribution >= 0.6 is 0 Å². The molecule has 4 aliphatic rings. The molecule has 0 saturated heterocycles. The van der Waals surface area contributed by atoms with Crippen LogP contribution in [0.5, 0.6) is 0 Å². The molecule has 0 N–H and O–H groups in total. The van der Waals surface area contributed by atoms with Crippen molar-refractivity contribution in [3.8, 4) is 0 Å². The molecule has 0 amide bonds. The molecule has 9 unspecified atom stereocenters. The average molecular weight is 545 g/mol. The Labute approximate surface area is 240 Å². The van der Waals surface area contributed by atoms with Crippen molar-refractivity contribution in [3.63, 3.8) is 0 Å². The van der Waals surface area contributed by atoms with Crippen LogP contribution < -0.4 is 0 Å². The molecule has 224 valence electrons. The van der Waals surface area contributed by atoms with E-state index in [-0.39, 0.29) is 23.5 Å². The van der Waals surface area contributed by atoms with E-state index in [1.165, 1.54) is 44.9 Å². The zero-order chi connectivity index (χ0) is 28.8. The van der Waals surface area contributed by atoms with Crippen molar-refractivity contribution in [1.82, 2.24) is 0 Å². The van der Waals surface area contributed by atoms with Gasteiger partial charge in [0.1, 0.15) is 11.7 Å². The summed E-state index contributed by atoms with van der Waals surface area (Å²) in [5, 5.41) is 0. The molecule has 4 rings (SSSR count). The van der Waals surface area contributed by atoms with E-state index in [2.05, 4.69) is 41.5 Å². The minimum Gasteiger partial charge on any atom is -0.462 e. The third-order valence-corrected chi connectivity index (χ3v) is 12.9. The Balaban J connectivity index is 1.38. The quantitative estimate of drug-likeness (QED) is 0.286. The Morgan fingerprint density at radius 1 is 0.872 bits per heavy atom. The molecule has 4 saturated carbocycles. The summed E-state index contributed by atoms with van der Waals surface area (Å²) < 4.78 is 11.8. The Morgan fingerprint density at radius 2 is 1.51 bits per heavy atom. The van der Waals surface area contributed by atoms with Crippen LogP contribution in [0.25, 0.3) is 0 Å². The van der Waals surface area contributed by atoms with Gasteiger partial charge in [-0.2, -0.15) is 0 Å². The van der Waals surface area contributed by atoms with Gasteiger partial charge in [0.05, 0.1) is 5.41 Å². The summed E-state index contributed by atoms with van der Waals surface area (Å²) in [5.74, 6) is 4.45. The van der Waals surface area contributed by atoms with Gasteiger partial charge >= 0.3 is 11.9 Å². The summed E-state index contributed by atoms with van der Waals surface area (Å²) in [7, 11) is 0. The fraction of sp³-hybridized carbons (Fsp3) is 0.943. The number of esters is 2. The maximum Gasteiger partial charge on any atom is 0.312 e. The zero-order valence-electron chi connectivity index (χ0n) is 26.9. The minimum atomic E-state index is -0.398. The molecule has 0 spiro atoms. The van der Waals surface area contributed by atoms with E-state index >= 15 is 0 Å². The molecule has 0 aromatic carbocycles. The van der Waals surface area contributed by atoms with Gasteiger partial charge in [0.25, 0.3) is 0 Å². The van der Waals surface area contributed by atoms with Crippen molar-refractivity contribution < 1.29 is 19.1 Å². The molecular formula is C35H60O4. The lowest BCUT2D eigenvalue weighted by molar-refractivity contribution is -0.172. The van der Waals surface area contributed by atoms with Gasteiger partial charge in [0, 0.05) is 6.42 Å². The monoisotopic (exact) mass is 544 g/mol. The maximum atomic E-state index is 13.0. The van der Waals surface area contributed by atoms with E-state index in [1.54, 1.807) is 0 Å². The zero-order valence-corrected chi connectivity index (χ0v) is 26.9. The molecule has 0 aromatic heterocycles. The summed E-state index contributed by atoms with van der Waals surface area (Å²) in [5.41, 5.74) is 0.0708. The summed E-state index contributed by atoms with van der Waals surface area (Å²) in [4.78, 5) is 25.4. The lowest BCUT2D eigenvalue weighted by Crippen LogP contribution is -2.54. The molecule has 4 nitrogen and oxygen atoms in total. The number of rotatable bonds is 8. The first kappa shape index (κ1) is 30.9. The summed E-state index contributed by atoms with van der Waals surface area (Å²) >= 11 is 0. The van der Waals surface area contributed by atoms with Gasteiger partial charge in [-0.1, -0.05) is 34.6 Å². The molecule has 4 heteroatoms. The Morgan fingerprint density at radius 3 is 2.15 bits per heavy atom. The van der Waals surface area contributed by atoms with Crippen LogP contribution in [0, 0.1) is 51.8 Å². The second-order valence-electron chi connectivity index (χ2n) is 16.1. The summed E-state index contributed by atoms with van der Waals surface area (Å²) in [6, 6.07) is 0. The third kappa shape index (κ3) is 5.97. The van der Waals surface area contributed by atoms with Gasteiger partial charge in [0.15, 0.2) is 0 Å².